The number of nitrogens with one attached hydrogen (secondary N) is 3. The zero-order chi connectivity index (χ0) is 21.2. The van der Waals surface area contributed by atoms with Gasteiger partial charge in [0, 0.05) is 19.0 Å². The highest BCUT2D eigenvalue weighted by molar-refractivity contribution is 6.07. The first kappa shape index (κ1) is 21.7. The van der Waals surface area contributed by atoms with Gasteiger partial charge in [-0.05, 0) is 35.9 Å². The van der Waals surface area contributed by atoms with Crippen molar-refractivity contribution in [2.45, 2.75) is 6.42 Å². The number of hydrogen-bond acceptors (Lipinski definition) is 3. The lowest BCUT2D eigenvalue weighted by Crippen LogP contribution is -3.14. The molecule has 6 nitrogen and oxygen atoms in total. The van der Waals surface area contributed by atoms with Crippen LogP contribution in [0.4, 0.5) is 10.1 Å². The van der Waals surface area contributed by atoms with Crippen molar-refractivity contribution in [3.05, 3.63) is 71.6 Å². The van der Waals surface area contributed by atoms with Crippen molar-refractivity contribution in [3.8, 4) is 0 Å². The van der Waals surface area contributed by atoms with Crippen molar-refractivity contribution in [2.75, 3.05) is 44.7 Å². The Balaban J connectivity index is 1.51. The number of benzene rings is 2. The summed E-state index contributed by atoms with van der Waals surface area (Å²) in [4.78, 5) is 26.3. The molecule has 2 amide bonds. The summed E-state index contributed by atoms with van der Waals surface area (Å²) >= 11 is 0. The predicted molar refractivity (Wildman–Crippen MR) is 114 cm³/mol. The number of carbonyl (C=O) groups excluding carboxylic acids is 2. The van der Waals surface area contributed by atoms with E-state index >= 15 is 0 Å². The molecule has 2 aromatic rings. The summed E-state index contributed by atoms with van der Waals surface area (Å²) in [6, 6.07) is 12.8. The summed E-state index contributed by atoms with van der Waals surface area (Å²) in [5, 5.41) is 5.64. The smallest absolute Gasteiger partial charge is 0.253 e. The van der Waals surface area contributed by atoms with E-state index in [1.54, 1.807) is 36.4 Å². The number of halogens is 1. The molecule has 3 N–H and O–H groups in total. The lowest BCUT2D eigenvalue weighted by atomic mass is 10.1. The first-order valence-corrected chi connectivity index (χ1v) is 10.1. The van der Waals surface area contributed by atoms with Crippen LogP contribution in [-0.2, 0) is 9.53 Å². The fourth-order valence-corrected chi connectivity index (χ4v) is 3.29. The van der Waals surface area contributed by atoms with Crippen LogP contribution < -0.4 is 15.5 Å². The molecule has 0 saturated carbocycles. The molecule has 1 heterocycles. The number of hydrogen-bond donors (Lipinski definition) is 3. The maximum atomic E-state index is 13.2. The van der Waals surface area contributed by atoms with Gasteiger partial charge in [0.2, 0.25) is 5.91 Å². The SMILES string of the molecule is O=C(/C=C/c1cccc(F)c1)Nc1ccccc1C(=O)NCCC[NH+]1CCOCC1. The fourth-order valence-electron chi connectivity index (χ4n) is 3.29. The highest BCUT2D eigenvalue weighted by atomic mass is 19.1. The van der Waals surface area contributed by atoms with E-state index in [0.29, 0.717) is 23.4 Å². The summed E-state index contributed by atoms with van der Waals surface area (Å²) < 4.78 is 18.6. The predicted octanol–water partition coefficient (Wildman–Crippen LogP) is 1.51. The van der Waals surface area contributed by atoms with Crippen LogP contribution in [0.3, 0.4) is 0 Å². The van der Waals surface area contributed by atoms with Crippen LogP contribution >= 0.6 is 0 Å². The van der Waals surface area contributed by atoms with E-state index in [1.165, 1.54) is 29.2 Å². The van der Waals surface area contributed by atoms with Crippen LogP contribution in [0.1, 0.15) is 22.3 Å². The molecule has 7 heteroatoms. The topological polar surface area (TPSA) is 71.9 Å². The highest BCUT2D eigenvalue weighted by Gasteiger charge is 2.14. The molecular weight excluding hydrogens is 385 g/mol. The van der Waals surface area contributed by atoms with Crippen molar-refractivity contribution in [1.82, 2.24) is 5.32 Å². The lowest BCUT2D eigenvalue weighted by Gasteiger charge is -2.23. The number of rotatable bonds is 8. The van der Waals surface area contributed by atoms with Gasteiger partial charge in [0.25, 0.3) is 5.91 Å². The van der Waals surface area contributed by atoms with E-state index in [0.717, 1.165) is 39.3 Å². The van der Waals surface area contributed by atoms with Gasteiger partial charge in [0.1, 0.15) is 18.9 Å². The molecule has 0 bridgehead atoms. The Morgan fingerprint density at radius 1 is 1.10 bits per heavy atom. The Labute approximate surface area is 175 Å². The van der Waals surface area contributed by atoms with E-state index in [9.17, 15) is 14.0 Å². The molecule has 0 unspecified atom stereocenters. The Morgan fingerprint density at radius 2 is 1.90 bits per heavy atom. The Bertz CT molecular complexity index is 895. The summed E-state index contributed by atoms with van der Waals surface area (Å²) in [5.74, 6) is -0.984. The van der Waals surface area contributed by atoms with E-state index in [1.807, 2.05) is 0 Å². The molecule has 1 fully saturated rings. The number of carbonyl (C=O) groups is 2. The van der Waals surface area contributed by atoms with Gasteiger partial charge < -0.3 is 20.3 Å². The second-order valence-corrected chi connectivity index (χ2v) is 7.15. The van der Waals surface area contributed by atoms with Gasteiger partial charge >= 0.3 is 0 Å². The van der Waals surface area contributed by atoms with Gasteiger partial charge in [-0.2, -0.15) is 0 Å². The minimum Gasteiger partial charge on any atom is -0.370 e. The number of para-hydroxylation sites is 1. The van der Waals surface area contributed by atoms with E-state index in [4.69, 9.17) is 4.74 Å². The Hall–Kier alpha value is -3.03. The molecule has 158 valence electrons. The van der Waals surface area contributed by atoms with Crippen LogP contribution in [0.15, 0.2) is 54.6 Å². The molecule has 30 heavy (non-hydrogen) atoms. The standard InChI is InChI=1S/C23H26FN3O3/c24-19-6-3-5-18(17-19)9-10-22(28)26-21-8-2-1-7-20(21)23(29)25-11-4-12-27-13-15-30-16-14-27/h1-3,5-10,17H,4,11-16H2,(H,25,29)(H,26,28)/p+1/b10-9+. The molecule has 1 aliphatic heterocycles. The number of ether oxygens (including phenoxy) is 1. The van der Waals surface area contributed by atoms with Crippen molar-refractivity contribution >= 4 is 23.6 Å². The molecule has 0 radical (unpaired) electrons. The van der Waals surface area contributed by atoms with E-state index in [2.05, 4.69) is 10.6 Å². The van der Waals surface area contributed by atoms with E-state index < -0.39 is 5.91 Å². The summed E-state index contributed by atoms with van der Waals surface area (Å²) in [6.45, 7) is 5.17. The lowest BCUT2D eigenvalue weighted by molar-refractivity contribution is -0.908. The van der Waals surface area contributed by atoms with Gasteiger partial charge in [-0.3, -0.25) is 9.59 Å². The average Bonchev–Trinajstić information content (AvgIpc) is 2.76. The van der Waals surface area contributed by atoms with E-state index in [-0.39, 0.29) is 11.7 Å². The average molecular weight is 412 g/mol. The Kier molecular flexibility index (Phi) is 8.11. The minimum atomic E-state index is -0.393. The third-order valence-corrected chi connectivity index (χ3v) is 4.90. The summed E-state index contributed by atoms with van der Waals surface area (Å²) in [6.07, 6.45) is 3.72. The number of quaternary nitrogens is 1. The molecule has 2 aromatic carbocycles. The molecule has 1 aliphatic rings. The number of anilines is 1. The first-order chi connectivity index (χ1) is 14.6. The molecular formula is C23H27FN3O3+. The van der Waals surface area contributed by atoms with Gasteiger partial charge in [0.05, 0.1) is 31.0 Å². The third kappa shape index (κ3) is 6.79. The zero-order valence-corrected chi connectivity index (χ0v) is 16.8. The largest absolute Gasteiger partial charge is 0.370 e. The van der Waals surface area contributed by atoms with Crippen LogP contribution in [0.2, 0.25) is 0 Å². The molecule has 0 aliphatic carbocycles. The highest BCUT2D eigenvalue weighted by Crippen LogP contribution is 2.15. The van der Waals surface area contributed by atoms with Crippen LogP contribution in [0, 0.1) is 5.82 Å². The minimum absolute atomic E-state index is 0.225. The number of morpholine rings is 1. The molecule has 0 atom stereocenters. The van der Waals surface area contributed by atoms with Crippen molar-refractivity contribution in [3.63, 3.8) is 0 Å². The van der Waals surface area contributed by atoms with Gasteiger partial charge in [-0.25, -0.2) is 4.39 Å². The molecule has 3 rings (SSSR count). The van der Waals surface area contributed by atoms with Crippen molar-refractivity contribution in [1.29, 1.82) is 0 Å². The van der Waals surface area contributed by atoms with Crippen LogP contribution in [0.25, 0.3) is 6.08 Å². The van der Waals surface area contributed by atoms with Gasteiger partial charge in [0.15, 0.2) is 0 Å². The van der Waals surface area contributed by atoms with Crippen molar-refractivity contribution < 1.29 is 23.6 Å². The maximum Gasteiger partial charge on any atom is 0.253 e. The second-order valence-electron chi connectivity index (χ2n) is 7.15. The Morgan fingerprint density at radius 3 is 2.70 bits per heavy atom. The van der Waals surface area contributed by atoms with Crippen LogP contribution in [0.5, 0.6) is 0 Å². The maximum absolute atomic E-state index is 13.2. The van der Waals surface area contributed by atoms with Crippen LogP contribution in [-0.4, -0.2) is 51.2 Å². The monoisotopic (exact) mass is 412 g/mol. The van der Waals surface area contributed by atoms with Crippen molar-refractivity contribution in [2.24, 2.45) is 0 Å². The quantitative estimate of drug-likeness (QED) is 0.455. The van der Waals surface area contributed by atoms with Gasteiger partial charge in [-0.15, -0.1) is 0 Å². The summed E-state index contributed by atoms with van der Waals surface area (Å²) in [7, 11) is 0. The zero-order valence-electron chi connectivity index (χ0n) is 16.8. The molecule has 1 saturated heterocycles. The first-order valence-electron chi connectivity index (χ1n) is 10.1. The normalized spacial score (nSPS) is 14.6. The summed E-state index contributed by atoms with van der Waals surface area (Å²) in [5.41, 5.74) is 1.42. The molecule has 0 aromatic heterocycles. The fraction of sp³-hybridized carbons (Fsp3) is 0.304. The second kappa shape index (κ2) is 11.2. The van der Waals surface area contributed by atoms with Gasteiger partial charge in [-0.1, -0.05) is 24.3 Å². The number of amides is 2. The molecule has 0 spiro atoms. The third-order valence-electron chi connectivity index (χ3n) is 4.90.